The minimum absolute atomic E-state index is 0.209. The van der Waals surface area contributed by atoms with Crippen LogP contribution in [-0.2, 0) is 10.0 Å². The summed E-state index contributed by atoms with van der Waals surface area (Å²) in [5.41, 5.74) is 6.68. The van der Waals surface area contributed by atoms with Gasteiger partial charge >= 0.3 is 0 Å². The maximum absolute atomic E-state index is 11.8. The second-order valence-electron chi connectivity index (χ2n) is 4.29. The third kappa shape index (κ3) is 2.89. The van der Waals surface area contributed by atoms with E-state index in [1.165, 1.54) is 26.0 Å². The number of nitrogens with two attached hydrogens (primary N) is 1. The second-order valence-corrected chi connectivity index (χ2v) is 6.14. The molecule has 6 heteroatoms. The van der Waals surface area contributed by atoms with Gasteiger partial charge in [0.2, 0.25) is 10.0 Å². The van der Waals surface area contributed by atoms with Gasteiger partial charge in [-0.3, -0.25) is 0 Å². The van der Waals surface area contributed by atoms with Crippen LogP contribution in [0.25, 0.3) is 0 Å². The molecular weight excluding hydrogens is 238 g/mol. The van der Waals surface area contributed by atoms with E-state index in [1.807, 2.05) is 0 Å². The van der Waals surface area contributed by atoms with E-state index in [0.29, 0.717) is 17.3 Å². The van der Waals surface area contributed by atoms with Gasteiger partial charge in [0.05, 0.1) is 5.69 Å². The van der Waals surface area contributed by atoms with Gasteiger partial charge in [-0.25, -0.2) is 13.1 Å². The summed E-state index contributed by atoms with van der Waals surface area (Å²) in [6, 6.07) is 4.88. The summed E-state index contributed by atoms with van der Waals surface area (Å²) in [7, 11) is -2.08. The molecule has 1 saturated carbocycles. The highest BCUT2D eigenvalue weighted by atomic mass is 32.2. The summed E-state index contributed by atoms with van der Waals surface area (Å²) in [5.74, 6) is 0.678. The van der Waals surface area contributed by atoms with Gasteiger partial charge in [-0.05, 0) is 44.0 Å². The molecule has 4 N–H and O–H groups in total. The molecule has 0 amide bonds. The monoisotopic (exact) mass is 255 g/mol. The van der Waals surface area contributed by atoms with Crippen molar-refractivity contribution in [2.75, 3.05) is 24.6 Å². The van der Waals surface area contributed by atoms with Crippen LogP contribution >= 0.6 is 0 Å². The number of nitrogens with one attached hydrogen (secondary N) is 2. The van der Waals surface area contributed by atoms with Gasteiger partial charge in [0.15, 0.2) is 0 Å². The number of hydrogen-bond donors (Lipinski definition) is 3. The van der Waals surface area contributed by atoms with Gasteiger partial charge in [-0.15, -0.1) is 0 Å². The molecule has 0 radical (unpaired) electrons. The molecule has 1 aliphatic carbocycles. The molecule has 0 bridgehead atoms. The topological polar surface area (TPSA) is 84.2 Å². The molecule has 2 rings (SSSR count). The molecule has 17 heavy (non-hydrogen) atoms. The molecule has 0 atom stereocenters. The third-order valence-electron chi connectivity index (χ3n) is 2.84. The Morgan fingerprint density at radius 2 is 2.12 bits per heavy atom. The number of rotatable bonds is 5. The van der Waals surface area contributed by atoms with E-state index in [-0.39, 0.29) is 4.90 Å². The normalized spacial score (nSPS) is 15.8. The number of sulfonamides is 1. The van der Waals surface area contributed by atoms with Crippen LogP contribution in [0.2, 0.25) is 0 Å². The molecule has 0 spiro atoms. The molecule has 94 valence electrons. The summed E-state index contributed by atoms with van der Waals surface area (Å²) < 4.78 is 26.0. The zero-order chi connectivity index (χ0) is 12.5. The Morgan fingerprint density at radius 3 is 2.71 bits per heavy atom. The first-order valence-corrected chi connectivity index (χ1v) is 7.08. The van der Waals surface area contributed by atoms with E-state index in [1.54, 1.807) is 12.1 Å². The minimum atomic E-state index is -3.47. The van der Waals surface area contributed by atoms with Crippen molar-refractivity contribution in [1.29, 1.82) is 0 Å². The molecule has 1 aromatic rings. The zero-order valence-corrected chi connectivity index (χ0v) is 10.5. The largest absolute Gasteiger partial charge is 0.399 e. The number of hydrogen-bond acceptors (Lipinski definition) is 4. The standard InChI is InChI=1S/C11H17N3O2S/c1-13-17(15,16)11-6-9(12)4-5-10(11)14-7-8-2-3-8/h4-6,8,13-14H,2-3,7,12H2,1H3. The van der Waals surface area contributed by atoms with E-state index in [0.717, 1.165) is 6.54 Å². The van der Waals surface area contributed by atoms with Crippen molar-refractivity contribution in [1.82, 2.24) is 4.72 Å². The summed E-state index contributed by atoms with van der Waals surface area (Å²) in [5, 5.41) is 3.17. The molecule has 0 aliphatic heterocycles. The van der Waals surface area contributed by atoms with Gasteiger partial charge < -0.3 is 11.1 Å². The van der Waals surface area contributed by atoms with Crippen LogP contribution in [0, 0.1) is 5.92 Å². The van der Waals surface area contributed by atoms with Gasteiger partial charge in [0.25, 0.3) is 0 Å². The fraction of sp³-hybridized carbons (Fsp3) is 0.455. The van der Waals surface area contributed by atoms with E-state index >= 15 is 0 Å². The lowest BCUT2D eigenvalue weighted by Crippen LogP contribution is -2.20. The first-order chi connectivity index (χ1) is 8.03. The van der Waals surface area contributed by atoms with Crippen molar-refractivity contribution in [2.45, 2.75) is 17.7 Å². The molecule has 1 aliphatic rings. The van der Waals surface area contributed by atoms with E-state index in [2.05, 4.69) is 10.0 Å². The van der Waals surface area contributed by atoms with Crippen LogP contribution in [-0.4, -0.2) is 22.0 Å². The highest BCUT2D eigenvalue weighted by molar-refractivity contribution is 7.89. The van der Waals surface area contributed by atoms with E-state index in [9.17, 15) is 8.42 Å². The Labute approximate surface area is 101 Å². The van der Waals surface area contributed by atoms with Crippen molar-refractivity contribution >= 4 is 21.4 Å². The summed E-state index contributed by atoms with van der Waals surface area (Å²) >= 11 is 0. The molecule has 5 nitrogen and oxygen atoms in total. The van der Waals surface area contributed by atoms with Crippen molar-refractivity contribution in [3.8, 4) is 0 Å². The van der Waals surface area contributed by atoms with Gasteiger partial charge in [0.1, 0.15) is 4.90 Å². The van der Waals surface area contributed by atoms with Crippen molar-refractivity contribution in [3.63, 3.8) is 0 Å². The lowest BCUT2D eigenvalue weighted by Gasteiger charge is -2.12. The zero-order valence-electron chi connectivity index (χ0n) is 9.73. The predicted octanol–water partition coefficient (Wildman–Crippen LogP) is 0.999. The van der Waals surface area contributed by atoms with Crippen LogP contribution in [0.1, 0.15) is 12.8 Å². The van der Waals surface area contributed by atoms with Crippen molar-refractivity contribution < 1.29 is 8.42 Å². The SMILES string of the molecule is CNS(=O)(=O)c1cc(N)ccc1NCC1CC1. The summed E-state index contributed by atoms with van der Waals surface area (Å²) in [6.07, 6.45) is 2.44. The first-order valence-electron chi connectivity index (χ1n) is 5.60. The number of anilines is 2. The Hall–Kier alpha value is -1.27. The average molecular weight is 255 g/mol. The third-order valence-corrected chi connectivity index (χ3v) is 4.30. The van der Waals surface area contributed by atoms with Crippen LogP contribution in [0.3, 0.4) is 0 Å². The van der Waals surface area contributed by atoms with Crippen LogP contribution < -0.4 is 15.8 Å². The molecule has 0 unspecified atom stereocenters. The molecular formula is C11H17N3O2S. The molecule has 0 saturated heterocycles. The highest BCUT2D eigenvalue weighted by Gasteiger charge is 2.22. The number of benzene rings is 1. The Balaban J connectivity index is 2.29. The predicted molar refractivity (Wildman–Crippen MR) is 68.3 cm³/mol. The Morgan fingerprint density at radius 1 is 1.41 bits per heavy atom. The van der Waals surface area contributed by atoms with Crippen molar-refractivity contribution in [3.05, 3.63) is 18.2 Å². The van der Waals surface area contributed by atoms with Gasteiger partial charge in [-0.1, -0.05) is 0 Å². The average Bonchev–Trinajstić information content (AvgIpc) is 3.11. The van der Waals surface area contributed by atoms with E-state index < -0.39 is 10.0 Å². The minimum Gasteiger partial charge on any atom is -0.399 e. The van der Waals surface area contributed by atoms with Crippen LogP contribution in [0.15, 0.2) is 23.1 Å². The second kappa shape index (κ2) is 4.54. The van der Waals surface area contributed by atoms with E-state index in [4.69, 9.17) is 5.73 Å². The number of nitrogen functional groups attached to an aromatic ring is 1. The van der Waals surface area contributed by atoms with Gasteiger partial charge in [-0.2, -0.15) is 0 Å². The van der Waals surface area contributed by atoms with Crippen LogP contribution in [0.5, 0.6) is 0 Å². The molecule has 0 aromatic heterocycles. The Bertz CT molecular complexity index is 509. The van der Waals surface area contributed by atoms with Crippen LogP contribution in [0.4, 0.5) is 11.4 Å². The molecule has 0 heterocycles. The van der Waals surface area contributed by atoms with Gasteiger partial charge in [0, 0.05) is 12.2 Å². The fourth-order valence-electron chi connectivity index (χ4n) is 1.59. The summed E-state index contributed by atoms with van der Waals surface area (Å²) in [6.45, 7) is 0.816. The lowest BCUT2D eigenvalue weighted by atomic mass is 10.2. The maximum atomic E-state index is 11.8. The smallest absolute Gasteiger partial charge is 0.242 e. The quantitative estimate of drug-likeness (QED) is 0.685. The Kier molecular flexibility index (Phi) is 3.26. The van der Waals surface area contributed by atoms with Crippen molar-refractivity contribution in [2.24, 2.45) is 5.92 Å². The lowest BCUT2D eigenvalue weighted by molar-refractivity contribution is 0.588. The highest BCUT2D eigenvalue weighted by Crippen LogP contribution is 2.30. The summed E-state index contributed by atoms with van der Waals surface area (Å²) in [4.78, 5) is 0.209. The maximum Gasteiger partial charge on any atom is 0.242 e. The fourth-order valence-corrected chi connectivity index (χ4v) is 2.53. The molecule has 1 aromatic carbocycles. The molecule has 1 fully saturated rings. The first kappa shape index (κ1) is 12.2.